The molecule has 2 rings (SSSR count). The van der Waals surface area contributed by atoms with E-state index in [0.717, 1.165) is 5.56 Å². The molecule has 1 aliphatic rings. The standard InChI is InChI=1S/C15H18N2O4/c1-20-14(18)8-5-9-16-17-13(11-21-15(17)19)10-12-6-3-2-4-7-12/h2-4,6-7,9,13H,5,8,10-11H2,1H3/b16-9+/t13-/m0/s1. The molecule has 1 atom stereocenters. The van der Waals surface area contributed by atoms with Crippen molar-refractivity contribution in [3.63, 3.8) is 0 Å². The zero-order valence-electron chi connectivity index (χ0n) is 11.9. The summed E-state index contributed by atoms with van der Waals surface area (Å²) >= 11 is 0. The van der Waals surface area contributed by atoms with Gasteiger partial charge in [-0.3, -0.25) is 4.79 Å². The predicted octanol–water partition coefficient (Wildman–Crippen LogP) is 1.99. The fraction of sp³-hybridized carbons (Fsp3) is 0.400. The van der Waals surface area contributed by atoms with Crippen LogP contribution in [0.2, 0.25) is 0 Å². The zero-order valence-corrected chi connectivity index (χ0v) is 11.9. The molecular weight excluding hydrogens is 272 g/mol. The minimum Gasteiger partial charge on any atom is -0.469 e. The molecule has 1 amide bonds. The van der Waals surface area contributed by atoms with Crippen LogP contribution in [0.3, 0.4) is 0 Å². The Hall–Kier alpha value is -2.37. The number of carbonyl (C=O) groups excluding carboxylic acids is 2. The van der Waals surface area contributed by atoms with E-state index in [-0.39, 0.29) is 18.4 Å². The monoisotopic (exact) mass is 290 g/mol. The lowest BCUT2D eigenvalue weighted by Gasteiger charge is -2.15. The number of nitrogens with zero attached hydrogens (tertiary/aromatic N) is 2. The first-order valence-corrected chi connectivity index (χ1v) is 6.80. The van der Waals surface area contributed by atoms with Gasteiger partial charge < -0.3 is 9.47 Å². The van der Waals surface area contributed by atoms with Gasteiger partial charge in [-0.25, -0.2) is 4.79 Å². The van der Waals surface area contributed by atoms with E-state index in [1.807, 2.05) is 30.3 Å². The molecule has 0 N–H and O–H groups in total. The van der Waals surface area contributed by atoms with Crippen molar-refractivity contribution in [3.8, 4) is 0 Å². The van der Waals surface area contributed by atoms with Crippen LogP contribution in [-0.2, 0) is 20.7 Å². The number of hydrazone groups is 1. The number of amides is 1. The van der Waals surface area contributed by atoms with Crippen LogP contribution in [0.1, 0.15) is 18.4 Å². The van der Waals surface area contributed by atoms with E-state index >= 15 is 0 Å². The maximum atomic E-state index is 11.7. The molecule has 0 bridgehead atoms. The largest absolute Gasteiger partial charge is 0.469 e. The maximum absolute atomic E-state index is 11.7. The van der Waals surface area contributed by atoms with Crippen LogP contribution in [0.15, 0.2) is 35.4 Å². The van der Waals surface area contributed by atoms with Crippen molar-refractivity contribution >= 4 is 18.3 Å². The molecule has 1 fully saturated rings. The van der Waals surface area contributed by atoms with Crippen molar-refractivity contribution in [2.45, 2.75) is 25.3 Å². The topological polar surface area (TPSA) is 68.2 Å². The van der Waals surface area contributed by atoms with E-state index < -0.39 is 6.09 Å². The Morgan fingerprint density at radius 3 is 2.95 bits per heavy atom. The van der Waals surface area contributed by atoms with Crippen molar-refractivity contribution in [1.82, 2.24) is 5.01 Å². The van der Waals surface area contributed by atoms with Gasteiger partial charge in [-0.1, -0.05) is 30.3 Å². The van der Waals surface area contributed by atoms with Gasteiger partial charge in [-0.15, -0.1) is 0 Å². The summed E-state index contributed by atoms with van der Waals surface area (Å²) < 4.78 is 9.57. The fourth-order valence-electron chi connectivity index (χ4n) is 2.06. The molecule has 1 aliphatic heterocycles. The Morgan fingerprint density at radius 2 is 2.24 bits per heavy atom. The number of methoxy groups -OCH3 is 1. The zero-order chi connectivity index (χ0) is 15.1. The minimum absolute atomic E-state index is 0.116. The van der Waals surface area contributed by atoms with Crippen LogP contribution in [0.5, 0.6) is 0 Å². The number of cyclic esters (lactones) is 1. The van der Waals surface area contributed by atoms with Crippen molar-refractivity contribution in [1.29, 1.82) is 0 Å². The summed E-state index contributed by atoms with van der Waals surface area (Å²) in [6.45, 7) is 0.321. The number of ether oxygens (including phenoxy) is 2. The fourth-order valence-corrected chi connectivity index (χ4v) is 2.06. The highest BCUT2D eigenvalue weighted by Gasteiger charge is 2.32. The predicted molar refractivity (Wildman–Crippen MR) is 76.9 cm³/mol. The Kier molecular flexibility index (Phi) is 5.31. The second-order valence-electron chi connectivity index (χ2n) is 4.68. The van der Waals surface area contributed by atoms with Crippen molar-refractivity contribution in [2.75, 3.05) is 13.7 Å². The van der Waals surface area contributed by atoms with Crippen LogP contribution in [0, 0.1) is 0 Å². The van der Waals surface area contributed by atoms with E-state index in [9.17, 15) is 9.59 Å². The van der Waals surface area contributed by atoms with Crippen LogP contribution in [-0.4, -0.2) is 43.0 Å². The first-order valence-electron chi connectivity index (χ1n) is 6.80. The third-order valence-electron chi connectivity index (χ3n) is 3.16. The summed E-state index contributed by atoms with van der Waals surface area (Å²) in [6.07, 6.45) is 2.44. The Bertz CT molecular complexity index is 516. The number of esters is 1. The number of hydrogen-bond donors (Lipinski definition) is 0. The van der Waals surface area contributed by atoms with Gasteiger partial charge in [0.1, 0.15) is 6.61 Å². The van der Waals surface area contributed by atoms with Crippen molar-refractivity contribution in [2.24, 2.45) is 5.10 Å². The Labute approximate surface area is 123 Å². The van der Waals surface area contributed by atoms with Crippen molar-refractivity contribution in [3.05, 3.63) is 35.9 Å². The minimum atomic E-state index is -0.453. The second kappa shape index (κ2) is 7.42. The maximum Gasteiger partial charge on any atom is 0.430 e. The summed E-state index contributed by atoms with van der Waals surface area (Å²) in [5.41, 5.74) is 1.12. The highest BCUT2D eigenvalue weighted by Crippen LogP contribution is 2.17. The highest BCUT2D eigenvalue weighted by molar-refractivity contribution is 5.75. The summed E-state index contributed by atoms with van der Waals surface area (Å²) in [5, 5.41) is 5.45. The average Bonchev–Trinajstić information content (AvgIpc) is 2.85. The summed E-state index contributed by atoms with van der Waals surface area (Å²) in [7, 11) is 1.34. The SMILES string of the molecule is COC(=O)CC/C=N/N1C(=O)OC[C@@H]1Cc1ccccc1. The number of benzene rings is 1. The molecule has 1 aromatic carbocycles. The van der Waals surface area contributed by atoms with E-state index in [4.69, 9.17) is 4.74 Å². The van der Waals surface area contributed by atoms with Gasteiger partial charge in [0.2, 0.25) is 0 Å². The molecule has 0 saturated carbocycles. The number of hydrogen-bond acceptors (Lipinski definition) is 5. The van der Waals surface area contributed by atoms with Gasteiger partial charge >= 0.3 is 12.1 Å². The van der Waals surface area contributed by atoms with Gasteiger partial charge in [-0.05, 0) is 18.4 Å². The molecule has 1 aromatic rings. The van der Waals surface area contributed by atoms with Crippen LogP contribution in [0.25, 0.3) is 0 Å². The molecule has 1 saturated heterocycles. The Morgan fingerprint density at radius 1 is 1.48 bits per heavy atom. The molecule has 0 aromatic heterocycles. The van der Waals surface area contributed by atoms with Gasteiger partial charge in [0, 0.05) is 6.21 Å². The van der Waals surface area contributed by atoms with Crippen molar-refractivity contribution < 1.29 is 19.1 Å². The smallest absolute Gasteiger partial charge is 0.430 e. The normalized spacial score (nSPS) is 18.0. The summed E-state index contributed by atoms with van der Waals surface area (Å²) in [6, 6.07) is 9.74. The summed E-state index contributed by atoms with van der Waals surface area (Å²) in [4.78, 5) is 22.6. The number of carbonyl (C=O) groups is 2. The lowest BCUT2D eigenvalue weighted by Crippen LogP contribution is -2.30. The molecule has 0 unspecified atom stereocenters. The lowest BCUT2D eigenvalue weighted by molar-refractivity contribution is -0.140. The second-order valence-corrected chi connectivity index (χ2v) is 4.68. The third-order valence-corrected chi connectivity index (χ3v) is 3.16. The van der Waals surface area contributed by atoms with E-state index in [1.165, 1.54) is 12.1 Å². The Balaban J connectivity index is 1.91. The average molecular weight is 290 g/mol. The highest BCUT2D eigenvalue weighted by atomic mass is 16.6. The molecule has 6 nitrogen and oxygen atoms in total. The van der Waals surface area contributed by atoms with Gasteiger partial charge in [0.15, 0.2) is 0 Å². The lowest BCUT2D eigenvalue weighted by atomic mass is 10.1. The van der Waals surface area contributed by atoms with E-state index in [1.54, 1.807) is 6.21 Å². The molecule has 0 aliphatic carbocycles. The van der Waals surface area contributed by atoms with Gasteiger partial charge in [0.25, 0.3) is 0 Å². The van der Waals surface area contributed by atoms with E-state index in [0.29, 0.717) is 19.4 Å². The molecule has 0 spiro atoms. The third kappa shape index (κ3) is 4.30. The van der Waals surface area contributed by atoms with Crippen LogP contribution >= 0.6 is 0 Å². The van der Waals surface area contributed by atoms with E-state index in [2.05, 4.69) is 9.84 Å². The number of rotatable bonds is 6. The van der Waals surface area contributed by atoms with Crippen LogP contribution < -0.4 is 0 Å². The first-order chi connectivity index (χ1) is 10.2. The quantitative estimate of drug-likeness (QED) is 0.593. The molecular formula is C15H18N2O4. The van der Waals surface area contributed by atoms with Gasteiger partial charge in [-0.2, -0.15) is 10.1 Å². The molecule has 112 valence electrons. The summed E-state index contributed by atoms with van der Waals surface area (Å²) in [5.74, 6) is -0.300. The molecule has 21 heavy (non-hydrogen) atoms. The van der Waals surface area contributed by atoms with Gasteiger partial charge in [0.05, 0.1) is 19.6 Å². The first kappa shape index (κ1) is 15.0. The molecule has 6 heteroatoms. The van der Waals surface area contributed by atoms with Crippen LogP contribution in [0.4, 0.5) is 4.79 Å². The molecule has 0 radical (unpaired) electrons. The molecule has 1 heterocycles.